The van der Waals surface area contributed by atoms with Crippen LogP contribution in [0.15, 0.2) is 12.3 Å². The second-order valence-corrected chi connectivity index (χ2v) is 6.07. The highest BCUT2D eigenvalue weighted by Crippen LogP contribution is 2.43. The molecule has 0 aliphatic heterocycles. The number of ether oxygens (including phenoxy) is 1. The van der Waals surface area contributed by atoms with Crippen molar-refractivity contribution in [1.82, 2.24) is 15.1 Å². The van der Waals surface area contributed by atoms with E-state index in [1.165, 1.54) is 18.5 Å². The summed E-state index contributed by atoms with van der Waals surface area (Å²) in [5.74, 6) is 0. The van der Waals surface area contributed by atoms with Crippen molar-refractivity contribution in [2.24, 2.45) is 0 Å². The minimum absolute atomic E-state index is 0.0462. The summed E-state index contributed by atoms with van der Waals surface area (Å²) in [6.45, 7) is 9.32. The van der Waals surface area contributed by atoms with Gasteiger partial charge in [-0.3, -0.25) is 4.68 Å². The van der Waals surface area contributed by atoms with Crippen molar-refractivity contribution in [3.8, 4) is 0 Å². The van der Waals surface area contributed by atoms with Crippen molar-refractivity contribution in [3.63, 3.8) is 0 Å². The molecule has 1 atom stereocenters. The summed E-state index contributed by atoms with van der Waals surface area (Å²) in [6, 6.07) is 2.43. The van der Waals surface area contributed by atoms with Gasteiger partial charge in [0.05, 0.1) is 17.3 Å². The lowest BCUT2D eigenvalue weighted by atomic mass is 9.89. The fourth-order valence-corrected chi connectivity index (χ4v) is 3.61. The van der Waals surface area contributed by atoms with Crippen LogP contribution in [-0.2, 0) is 11.3 Å². The molecule has 4 nitrogen and oxygen atoms in total. The van der Waals surface area contributed by atoms with Crippen LogP contribution in [0.5, 0.6) is 0 Å². The van der Waals surface area contributed by atoms with Crippen LogP contribution in [0.1, 0.15) is 71.0 Å². The molecule has 0 spiro atoms. The van der Waals surface area contributed by atoms with E-state index in [1.54, 1.807) is 0 Å². The molecular weight excluding hydrogens is 262 g/mol. The van der Waals surface area contributed by atoms with E-state index < -0.39 is 0 Å². The third kappa shape index (κ3) is 3.67. The molecule has 1 unspecified atom stereocenters. The average Bonchev–Trinajstić information content (AvgIpc) is 3.11. The van der Waals surface area contributed by atoms with Crippen LogP contribution in [-0.4, -0.2) is 28.5 Å². The molecule has 1 aromatic rings. The zero-order valence-electron chi connectivity index (χ0n) is 13.9. The summed E-state index contributed by atoms with van der Waals surface area (Å²) in [6.07, 6.45) is 9.02. The van der Waals surface area contributed by atoms with Crippen LogP contribution in [0.3, 0.4) is 0 Å². The molecule has 1 fully saturated rings. The maximum Gasteiger partial charge on any atom is 0.0891 e. The summed E-state index contributed by atoms with van der Waals surface area (Å²) in [5, 5.41) is 8.27. The first-order chi connectivity index (χ1) is 10.3. The second-order valence-electron chi connectivity index (χ2n) is 6.07. The summed E-state index contributed by atoms with van der Waals surface area (Å²) < 4.78 is 8.46. The van der Waals surface area contributed by atoms with Crippen LogP contribution in [0, 0.1) is 0 Å². The van der Waals surface area contributed by atoms with Crippen LogP contribution in [0.25, 0.3) is 0 Å². The van der Waals surface area contributed by atoms with Crippen molar-refractivity contribution in [2.45, 2.75) is 77.5 Å². The summed E-state index contributed by atoms with van der Waals surface area (Å²) in [4.78, 5) is 0. The normalized spacial score (nSPS) is 19.0. The fourth-order valence-electron chi connectivity index (χ4n) is 3.61. The molecule has 21 heavy (non-hydrogen) atoms. The first kappa shape index (κ1) is 16.5. The van der Waals surface area contributed by atoms with Gasteiger partial charge in [0.2, 0.25) is 0 Å². The van der Waals surface area contributed by atoms with Gasteiger partial charge in [-0.05, 0) is 45.2 Å². The number of nitrogens with zero attached hydrogens (tertiary/aromatic N) is 2. The Labute approximate surface area is 129 Å². The van der Waals surface area contributed by atoms with Crippen molar-refractivity contribution in [3.05, 3.63) is 18.0 Å². The average molecular weight is 293 g/mol. The van der Waals surface area contributed by atoms with Crippen LogP contribution >= 0.6 is 0 Å². The van der Waals surface area contributed by atoms with Crippen LogP contribution in [0.4, 0.5) is 0 Å². The maximum atomic E-state index is 6.30. The molecule has 2 rings (SSSR count). The fraction of sp³-hybridized carbons (Fsp3) is 0.824. The third-order valence-electron chi connectivity index (χ3n) is 4.49. The molecule has 1 saturated carbocycles. The smallest absolute Gasteiger partial charge is 0.0891 e. The molecule has 0 bridgehead atoms. The Balaban J connectivity index is 2.29. The van der Waals surface area contributed by atoms with Gasteiger partial charge in [-0.2, -0.15) is 5.10 Å². The lowest BCUT2D eigenvalue weighted by Crippen LogP contribution is -2.45. The molecule has 120 valence electrons. The SMILES string of the molecule is CCCNC(c1ccnn1CCC)C1(OCC)CCCC1. The highest BCUT2D eigenvalue weighted by molar-refractivity contribution is 5.15. The molecule has 0 amide bonds. The minimum atomic E-state index is -0.0462. The molecule has 1 aliphatic rings. The quantitative estimate of drug-likeness (QED) is 0.755. The third-order valence-corrected chi connectivity index (χ3v) is 4.49. The van der Waals surface area contributed by atoms with Gasteiger partial charge in [0.15, 0.2) is 0 Å². The van der Waals surface area contributed by atoms with E-state index >= 15 is 0 Å². The van der Waals surface area contributed by atoms with Crippen LogP contribution < -0.4 is 5.32 Å². The summed E-state index contributed by atoms with van der Waals surface area (Å²) in [5.41, 5.74) is 1.25. The lowest BCUT2D eigenvalue weighted by molar-refractivity contribution is -0.0644. The van der Waals surface area contributed by atoms with Crippen molar-refractivity contribution >= 4 is 0 Å². The molecule has 1 aromatic heterocycles. The molecule has 1 heterocycles. The van der Waals surface area contributed by atoms with Crippen molar-refractivity contribution in [2.75, 3.05) is 13.2 Å². The first-order valence-electron chi connectivity index (χ1n) is 8.66. The van der Waals surface area contributed by atoms with E-state index in [2.05, 4.69) is 41.9 Å². The predicted molar refractivity (Wildman–Crippen MR) is 86.4 cm³/mol. The maximum absolute atomic E-state index is 6.30. The molecular formula is C17H31N3O. The Kier molecular flexibility index (Phi) is 6.24. The van der Waals surface area contributed by atoms with Crippen molar-refractivity contribution in [1.29, 1.82) is 0 Å². The molecule has 4 heteroatoms. The van der Waals surface area contributed by atoms with Gasteiger partial charge in [-0.1, -0.05) is 26.7 Å². The molecule has 0 radical (unpaired) electrons. The van der Waals surface area contributed by atoms with Gasteiger partial charge in [0, 0.05) is 19.3 Å². The monoisotopic (exact) mass is 293 g/mol. The lowest BCUT2D eigenvalue weighted by Gasteiger charge is -2.38. The van der Waals surface area contributed by atoms with E-state index in [1.807, 2.05) is 6.20 Å². The Morgan fingerprint density at radius 3 is 2.67 bits per heavy atom. The molecule has 0 aromatic carbocycles. The minimum Gasteiger partial charge on any atom is -0.373 e. The number of aryl methyl sites for hydroxylation is 1. The topological polar surface area (TPSA) is 39.1 Å². The Hall–Kier alpha value is -0.870. The van der Waals surface area contributed by atoms with Gasteiger partial charge in [-0.25, -0.2) is 0 Å². The van der Waals surface area contributed by atoms with Crippen LogP contribution in [0.2, 0.25) is 0 Å². The largest absolute Gasteiger partial charge is 0.373 e. The number of hydrogen-bond donors (Lipinski definition) is 1. The van der Waals surface area contributed by atoms with Gasteiger partial charge < -0.3 is 10.1 Å². The van der Waals surface area contributed by atoms with E-state index in [0.717, 1.165) is 45.4 Å². The first-order valence-corrected chi connectivity index (χ1v) is 8.66. The highest BCUT2D eigenvalue weighted by atomic mass is 16.5. The standard InChI is InChI=1S/C17H31N3O/c1-4-12-18-16(15-9-13-19-20(15)14-5-2)17(21-6-3)10-7-8-11-17/h9,13,16,18H,4-8,10-12,14H2,1-3H3. The zero-order chi connectivity index (χ0) is 15.1. The Morgan fingerprint density at radius 2 is 2.05 bits per heavy atom. The van der Waals surface area contributed by atoms with Gasteiger partial charge in [-0.15, -0.1) is 0 Å². The molecule has 0 saturated heterocycles. The second kappa shape index (κ2) is 7.95. The highest BCUT2D eigenvalue weighted by Gasteiger charge is 2.43. The molecule has 1 N–H and O–H groups in total. The van der Waals surface area contributed by atoms with Gasteiger partial charge in [0.1, 0.15) is 0 Å². The van der Waals surface area contributed by atoms with E-state index in [4.69, 9.17) is 4.74 Å². The number of aromatic nitrogens is 2. The summed E-state index contributed by atoms with van der Waals surface area (Å²) in [7, 11) is 0. The number of hydrogen-bond acceptors (Lipinski definition) is 3. The molecule has 1 aliphatic carbocycles. The summed E-state index contributed by atoms with van der Waals surface area (Å²) >= 11 is 0. The van der Waals surface area contributed by atoms with E-state index in [9.17, 15) is 0 Å². The Morgan fingerprint density at radius 1 is 1.29 bits per heavy atom. The zero-order valence-corrected chi connectivity index (χ0v) is 13.9. The Bertz CT molecular complexity index is 410. The van der Waals surface area contributed by atoms with E-state index in [0.29, 0.717) is 0 Å². The van der Waals surface area contributed by atoms with Gasteiger partial charge >= 0.3 is 0 Å². The van der Waals surface area contributed by atoms with Gasteiger partial charge in [0.25, 0.3) is 0 Å². The van der Waals surface area contributed by atoms with Crippen molar-refractivity contribution < 1.29 is 4.74 Å². The van der Waals surface area contributed by atoms with E-state index in [-0.39, 0.29) is 11.6 Å². The number of rotatable bonds is 9. The predicted octanol–water partition coefficient (Wildman–Crippen LogP) is 3.68. The number of nitrogens with one attached hydrogen (secondary N) is 1.